The Balaban J connectivity index is 1.71. The summed E-state index contributed by atoms with van der Waals surface area (Å²) in [6, 6.07) is 5.16. The minimum Gasteiger partial charge on any atom is -0.462 e. The number of aryl methyl sites for hydroxylation is 1. The molecule has 0 saturated heterocycles. The van der Waals surface area contributed by atoms with Crippen LogP contribution >= 0.6 is 11.3 Å². The molecule has 3 rings (SSSR count). The molecular formula is C22H26N2O7S2. The molecule has 1 atom stereocenters. The number of rotatable bonds is 8. The van der Waals surface area contributed by atoms with E-state index in [1.54, 1.807) is 6.92 Å². The standard InChI is InChI=1S/C22H26N2O7S2/c1-4-30-22(27)18-16-7-5-6-8-17(16)32-20(18)24-19(25)13(2)31-21(26)14-9-11-15(12-10-14)33(28,29)23-3/h9-13,23H,4-8H2,1-3H3,(H,24,25). The molecule has 1 aromatic carbocycles. The molecule has 0 fully saturated rings. The quantitative estimate of drug-likeness (QED) is 0.540. The lowest BCUT2D eigenvalue weighted by Crippen LogP contribution is -2.30. The van der Waals surface area contributed by atoms with Gasteiger partial charge in [-0.05, 0) is 76.4 Å². The maximum absolute atomic E-state index is 12.7. The number of hydrogen-bond donors (Lipinski definition) is 2. The van der Waals surface area contributed by atoms with Gasteiger partial charge in [0.2, 0.25) is 10.0 Å². The van der Waals surface area contributed by atoms with Crippen molar-refractivity contribution >= 4 is 44.2 Å². The molecule has 178 valence electrons. The van der Waals surface area contributed by atoms with E-state index in [0.717, 1.165) is 36.1 Å². The molecule has 1 heterocycles. The van der Waals surface area contributed by atoms with Crippen molar-refractivity contribution in [3.63, 3.8) is 0 Å². The third-order valence-electron chi connectivity index (χ3n) is 5.21. The van der Waals surface area contributed by atoms with E-state index in [9.17, 15) is 22.8 Å². The highest BCUT2D eigenvalue weighted by atomic mass is 32.2. The van der Waals surface area contributed by atoms with Crippen molar-refractivity contribution in [2.45, 2.75) is 50.5 Å². The van der Waals surface area contributed by atoms with E-state index in [4.69, 9.17) is 9.47 Å². The van der Waals surface area contributed by atoms with Crippen LogP contribution in [0.4, 0.5) is 5.00 Å². The second-order valence-electron chi connectivity index (χ2n) is 7.40. The van der Waals surface area contributed by atoms with Gasteiger partial charge < -0.3 is 14.8 Å². The molecule has 0 radical (unpaired) electrons. The fourth-order valence-corrected chi connectivity index (χ4v) is 5.47. The fraction of sp³-hybridized carbons (Fsp3) is 0.409. The molecule has 1 aliphatic rings. The zero-order chi connectivity index (χ0) is 24.2. The minimum atomic E-state index is -3.63. The van der Waals surface area contributed by atoms with Crippen molar-refractivity contribution in [2.75, 3.05) is 19.0 Å². The van der Waals surface area contributed by atoms with Gasteiger partial charge in [0.25, 0.3) is 5.91 Å². The van der Waals surface area contributed by atoms with E-state index < -0.39 is 34.0 Å². The molecule has 11 heteroatoms. The third-order valence-corrected chi connectivity index (χ3v) is 7.85. The topological polar surface area (TPSA) is 128 Å². The van der Waals surface area contributed by atoms with Gasteiger partial charge in [-0.3, -0.25) is 4.79 Å². The summed E-state index contributed by atoms with van der Waals surface area (Å²) in [5.41, 5.74) is 1.40. The molecule has 2 N–H and O–H groups in total. The molecule has 0 bridgehead atoms. The summed E-state index contributed by atoms with van der Waals surface area (Å²) in [5.74, 6) is -1.84. The third kappa shape index (κ3) is 5.60. The number of fused-ring (bicyclic) bond motifs is 1. The Morgan fingerprint density at radius 2 is 1.76 bits per heavy atom. The van der Waals surface area contributed by atoms with Crippen LogP contribution in [-0.2, 0) is 37.1 Å². The van der Waals surface area contributed by atoms with Gasteiger partial charge in [0.05, 0.1) is 22.6 Å². The highest BCUT2D eigenvalue weighted by molar-refractivity contribution is 7.89. The summed E-state index contributed by atoms with van der Waals surface area (Å²) in [6.07, 6.45) is 2.43. The Morgan fingerprint density at radius 1 is 1.09 bits per heavy atom. The predicted molar refractivity (Wildman–Crippen MR) is 123 cm³/mol. The Bertz CT molecular complexity index is 1150. The van der Waals surface area contributed by atoms with Crippen LogP contribution in [-0.4, -0.2) is 46.0 Å². The number of amides is 1. The van der Waals surface area contributed by atoms with Crippen LogP contribution in [0.2, 0.25) is 0 Å². The first-order chi connectivity index (χ1) is 15.7. The molecule has 1 aliphatic carbocycles. The van der Waals surface area contributed by atoms with Crippen molar-refractivity contribution in [2.24, 2.45) is 0 Å². The van der Waals surface area contributed by atoms with Crippen molar-refractivity contribution < 1.29 is 32.3 Å². The molecule has 1 aromatic heterocycles. The van der Waals surface area contributed by atoms with E-state index in [0.29, 0.717) is 10.6 Å². The Labute approximate surface area is 196 Å². The van der Waals surface area contributed by atoms with Crippen LogP contribution in [0.15, 0.2) is 29.2 Å². The zero-order valence-corrected chi connectivity index (χ0v) is 20.2. The van der Waals surface area contributed by atoms with Crippen molar-refractivity contribution in [3.05, 3.63) is 45.8 Å². The molecule has 9 nitrogen and oxygen atoms in total. The normalized spacial score (nSPS) is 14.2. The summed E-state index contributed by atoms with van der Waals surface area (Å²) in [5, 5.41) is 3.11. The van der Waals surface area contributed by atoms with E-state index in [1.807, 2.05) is 0 Å². The summed E-state index contributed by atoms with van der Waals surface area (Å²) >= 11 is 1.35. The van der Waals surface area contributed by atoms with Crippen LogP contribution in [0.25, 0.3) is 0 Å². The summed E-state index contributed by atoms with van der Waals surface area (Å²) in [7, 11) is -2.34. The van der Waals surface area contributed by atoms with E-state index in [1.165, 1.54) is 49.6 Å². The number of nitrogens with one attached hydrogen (secondary N) is 2. The number of sulfonamides is 1. The smallest absolute Gasteiger partial charge is 0.341 e. The summed E-state index contributed by atoms with van der Waals surface area (Å²) < 4.78 is 36.2. The van der Waals surface area contributed by atoms with Crippen LogP contribution in [0.3, 0.4) is 0 Å². The van der Waals surface area contributed by atoms with E-state index >= 15 is 0 Å². The van der Waals surface area contributed by atoms with Gasteiger partial charge in [0, 0.05) is 4.88 Å². The number of carbonyl (C=O) groups is 3. The second-order valence-corrected chi connectivity index (χ2v) is 10.4. The first kappa shape index (κ1) is 24.9. The van der Waals surface area contributed by atoms with Gasteiger partial charge >= 0.3 is 11.9 Å². The number of carbonyl (C=O) groups excluding carboxylic acids is 3. The SMILES string of the molecule is CCOC(=O)c1c(NC(=O)C(C)OC(=O)c2ccc(S(=O)(=O)NC)cc2)sc2c1CCCC2. The average molecular weight is 495 g/mol. The molecule has 0 spiro atoms. The maximum atomic E-state index is 12.7. The van der Waals surface area contributed by atoms with Crippen molar-refractivity contribution in [1.82, 2.24) is 4.72 Å². The molecule has 2 aromatic rings. The van der Waals surface area contributed by atoms with E-state index in [2.05, 4.69) is 10.0 Å². The van der Waals surface area contributed by atoms with Crippen LogP contribution in [0.1, 0.15) is 57.8 Å². The number of anilines is 1. The van der Waals surface area contributed by atoms with Gasteiger partial charge in [-0.2, -0.15) is 0 Å². The molecule has 0 saturated carbocycles. The highest BCUT2D eigenvalue weighted by Gasteiger charge is 2.29. The molecule has 1 amide bonds. The monoisotopic (exact) mass is 494 g/mol. The van der Waals surface area contributed by atoms with Gasteiger partial charge in [-0.25, -0.2) is 22.7 Å². The number of hydrogen-bond acceptors (Lipinski definition) is 8. The second kappa shape index (κ2) is 10.4. The number of ether oxygens (including phenoxy) is 2. The van der Waals surface area contributed by atoms with Crippen molar-refractivity contribution in [1.29, 1.82) is 0 Å². The maximum Gasteiger partial charge on any atom is 0.341 e. The lowest BCUT2D eigenvalue weighted by Gasteiger charge is -2.14. The predicted octanol–water partition coefficient (Wildman–Crippen LogP) is 2.90. The zero-order valence-electron chi connectivity index (χ0n) is 18.6. The van der Waals surface area contributed by atoms with E-state index in [-0.39, 0.29) is 17.1 Å². The first-order valence-electron chi connectivity index (χ1n) is 10.5. The largest absolute Gasteiger partial charge is 0.462 e. The van der Waals surface area contributed by atoms with Crippen LogP contribution < -0.4 is 10.0 Å². The van der Waals surface area contributed by atoms with Gasteiger partial charge in [0.15, 0.2) is 6.10 Å². The minimum absolute atomic E-state index is 0.000462. The summed E-state index contributed by atoms with van der Waals surface area (Å²) in [6.45, 7) is 3.36. The molecule has 1 unspecified atom stereocenters. The molecule has 33 heavy (non-hydrogen) atoms. The number of esters is 2. The Morgan fingerprint density at radius 3 is 2.39 bits per heavy atom. The van der Waals surface area contributed by atoms with Crippen LogP contribution in [0.5, 0.6) is 0 Å². The van der Waals surface area contributed by atoms with Crippen molar-refractivity contribution in [3.8, 4) is 0 Å². The van der Waals surface area contributed by atoms with Gasteiger partial charge in [-0.15, -0.1) is 11.3 Å². The highest BCUT2D eigenvalue weighted by Crippen LogP contribution is 2.38. The lowest BCUT2D eigenvalue weighted by atomic mass is 9.95. The Hall–Kier alpha value is -2.76. The number of thiophene rings is 1. The fourth-order valence-electron chi connectivity index (χ4n) is 3.46. The molecular weight excluding hydrogens is 468 g/mol. The first-order valence-corrected chi connectivity index (χ1v) is 12.8. The van der Waals surface area contributed by atoms with Gasteiger partial charge in [0.1, 0.15) is 5.00 Å². The molecule has 0 aliphatic heterocycles. The Kier molecular flexibility index (Phi) is 7.88. The average Bonchev–Trinajstić information content (AvgIpc) is 3.17. The van der Waals surface area contributed by atoms with Crippen LogP contribution in [0, 0.1) is 0 Å². The summed E-state index contributed by atoms with van der Waals surface area (Å²) in [4.78, 5) is 38.7. The number of benzene rings is 1. The van der Waals surface area contributed by atoms with Gasteiger partial charge in [-0.1, -0.05) is 0 Å². The lowest BCUT2D eigenvalue weighted by molar-refractivity contribution is -0.123.